The molecule has 0 aliphatic carbocycles. The Morgan fingerprint density at radius 1 is 1.12 bits per heavy atom. The lowest BCUT2D eigenvalue weighted by atomic mass is 10.1. The van der Waals surface area contributed by atoms with Crippen molar-refractivity contribution in [1.29, 1.82) is 0 Å². The Balaban J connectivity index is 1.64. The Kier molecular flexibility index (Phi) is 5.95. The van der Waals surface area contributed by atoms with Crippen LogP contribution < -0.4 is 0 Å². The van der Waals surface area contributed by atoms with Gasteiger partial charge in [0, 0.05) is 18.7 Å². The van der Waals surface area contributed by atoms with Crippen molar-refractivity contribution in [3.05, 3.63) is 54.2 Å². The van der Waals surface area contributed by atoms with E-state index in [2.05, 4.69) is 28.9 Å². The van der Waals surface area contributed by atoms with Crippen LogP contribution >= 0.6 is 0 Å². The zero-order valence-corrected chi connectivity index (χ0v) is 15.6. The number of hydrogen-bond acceptors (Lipinski definition) is 3. The van der Waals surface area contributed by atoms with E-state index in [9.17, 15) is 5.11 Å². The van der Waals surface area contributed by atoms with E-state index in [-0.39, 0.29) is 5.76 Å². The molecule has 4 heteroatoms. The molecule has 1 aliphatic heterocycles. The Labute approximate surface area is 155 Å². The molecule has 2 aromatic carbocycles. The quantitative estimate of drug-likeness (QED) is 0.522. The summed E-state index contributed by atoms with van der Waals surface area (Å²) < 4.78 is 5.85. The number of aliphatic hydroxyl groups is 1. The van der Waals surface area contributed by atoms with Gasteiger partial charge < -0.3 is 9.84 Å². The number of aliphatic hydroxyl groups excluding tert-OH is 1. The van der Waals surface area contributed by atoms with E-state index in [0.29, 0.717) is 11.0 Å². The normalized spacial score (nSPS) is 16.3. The molecule has 3 rings (SSSR count). The summed E-state index contributed by atoms with van der Waals surface area (Å²) in [4.78, 5) is 2.30. The van der Waals surface area contributed by atoms with Crippen molar-refractivity contribution in [2.24, 2.45) is 0 Å². The molecule has 26 heavy (non-hydrogen) atoms. The fourth-order valence-corrected chi connectivity index (χ4v) is 2.99. The molecule has 1 aliphatic rings. The molecule has 0 saturated carbocycles. The van der Waals surface area contributed by atoms with Crippen LogP contribution in [0.25, 0.3) is 16.5 Å². The summed E-state index contributed by atoms with van der Waals surface area (Å²) in [5.74, 6) is 6.77. The van der Waals surface area contributed by atoms with Gasteiger partial charge >= 0.3 is 0 Å². The van der Waals surface area contributed by atoms with Crippen LogP contribution in [0.1, 0.15) is 5.56 Å². The molecule has 0 atom stereocenters. The van der Waals surface area contributed by atoms with Gasteiger partial charge in [0.25, 0.3) is 0 Å². The molecule has 4 nitrogen and oxygen atoms in total. The van der Waals surface area contributed by atoms with E-state index in [4.69, 9.17) is 4.74 Å². The van der Waals surface area contributed by atoms with Crippen molar-refractivity contribution in [1.82, 2.24) is 4.90 Å². The minimum absolute atomic E-state index is 0.288. The second-order valence-corrected chi connectivity index (χ2v) is 7.26. The van der Waals surface area contributed by atoms with E-state index in [1.165, 1.54) is 5.39 Å². The Morgan fingerprint density at radius 2 is 1.85 bits per heavy atom. The summed E-state index contributed by atoms with van der Waals surface area (Å²) in [5.41, 5.74) is 0.830. The molecule has 1 heterocycles. The zero-order chi connectivity index (χ0) is 18.4. The maximum absolute atomic E-state index is 10.6. The average Bonchev–Trinajstić information content (AvgIpc) is 2.65. The third kappa shape index (κ3) is 5.09. The number of benzene rings is 2. The number of morpholine rings is 1. The van der Waals surface area contributed by atoms with Crippen molar-refractivity contribution >= 4 is 16.5 Å². The van der Waals surface area contributed by atoms with Gasteiger partial charge in [-0.25, -0.2) is 0 Å². The third-order valence-corrected chi connectivity index (χ3v) is 4.53. The van der Waals surface area contributed by atoms with Gasteiger partial charge in [0.2, 0.25) is 0 Å². The van der Waals surface area contributed by atoms with Crippen LogP contribution in [0.2, 0.25) is 0 Å². The summed E-state index contributed by atoms with van der Waals surface area (Å²) in [6.45, 7) is 4.94. The van der Waals surface area contributed by atoms with Crippen LogP contribution in [0.3, 0.4) is 0 Å². The van der Waals surface area contributed by atoms with Crippen molar-refractivity contribution in [2.45, 2.75) is 0 Å². The predicted octanol–water partition coefficient (Wildman–Crippen LogP) is 3.11. The predicted molar refractivity (Wildman–Crippen MR) is 107 cm³/mol. The van der Waals surface area contributed by atoms with Crippen molar-refractivity contribution < 1.29 is 14.3 Å². The van der Waals surface area contributed by atoms with Crippen LogP contribution in [0.4, 0.5) is 0 Å². The fraction of sp³-hybridized carbons (Fsp3) is 0.364. The second-order valence-electron chi connectivity index (χ2n) is 7.26. The van der Waals surface area contributed by atoms with Crippen molar-refractivity contribution in [2.75, 3.05) is 53.5 Å². The molecular weight excluding hydrogens is 324 g/mol. The highest BCUT2D eigenvalue weighted by Crippen LogP contribution is 2.20. The molecule has 1 fully saturated rings. The highest BCUT2D eigenvalue weighted by atomic mass is 16.5. The molecule has 136 valence electrons. The zero-order valence-electron chi connectivity index (χ0n) is 15.6. The van der Waals surface area contributed by atoms with E-state index < -0.39 is 0 Å². The summed E-state index contributed by atoms with van der Waals surface area (Å²) in [6, 6.07) is 14.2. The van der Waals surface area contributed by atoms with Gasteiger partial charge in [0.05, 0.1) is 33.9 Å². The number of fused-ring (bicyclic) bond motifs is 1. The largest absolute Gasteiger partial charge is 0.503 e. The topological polar surface area (TPSA) is 32.7 Å². The first kappa shape index (κ1) is 18.5. The molecule has 2 aromatic rings. The molecule has 0 bridgehead atoms. The summed E-state index contributed by atoms with van der Waals surface area (Å²) in [5, 5.41) is 12.8. The fourth-order valence-electron chi connectivity index (χ4n) is 2.99. The summed E-state index contributed by atoms with van der Waals surface area (Å²) in [6.07, 6.45) is 1.85. The summed E-state index contributed by atoms with van der Waals surface area (Å²) >= 11 is 0. The summed E-state index contributed by atoms with van der Waals surface area (Å²) in [7, 11) is 4.08. The van der Waals surface area contributed by atoms with Gasteiger partial charge in [-0.15, -0.1) is 0 Å². The van der Waals surface area contributed by atoms with Gasteiger partial charge in [-0.1, -0.05) is 42.3 Å². The monoisotopic (exact) mass is 351 g/mol. The van der Waals surface area contributed by atoms with Gasteiger partial charge in [-0.2, -0.15) is 0 Å². The first-order chi connectivity index (χ1) is 12.5. The van der Waals surface area contributed by atoms with Crippen molar-refractivity contribution in [3.8, 4) is 11.8 Å². The Bertz CT molecular complexity index is 840. The molecule has 0 unspecified atom stereocenters. The van der Waals surface area contributed by atoms with Crippen LogP contribution in [0, 0.1) is 11.8 Å². The van der Waals surface area contributed by atoms with Gasteiger partial charge in [-0.3, -0.25) is 9.38 Å². The molecule has 0 amide bonds. The third-order valence-electron chi connectivity index (χ3n) is 4.53. The first-order valence-corrected chi connectivity index (χ1v) is 9.03. The minimum Gasteiger partial charge on any atom is -0.503 e. The second kappa shape index (κ2) is 8.37. The number of quaternary nitrogens is 1. The highest BCUT2D eigenvalue weighted by molar-refractivity contribution is 5.85. The number of nitrogens with zero attached hydrogens (tertiary/aromatic N) is 2. The molecule has 1 saturated heterocycles. The Morgan fingerprint density at radius 3 is 2.62 bits per heavy atom. The lowest BCUT2D eigenvalue weighted by molar-refractivity contribution is -0.830. The molecular formula is C22H27N2O2+. The molecule has 0 aromatic heterocycles. The minimum atomic E-state index is 0.288. The highest BCUT2D eigenvalue weighted by Gasteiger charge is 2.14. The van der Waals surface area contributed by atoms with Gasteiger partial charge in [0.1, 0.15) is 12.7 Å². The lowest BCUT2D eigenvalue weighted by Crippen LogP contribution is -2.37. The van der Waals surface area contributed by atoms with Gasteiger partial charge in [0.15, 0.2) is 5.76 Å². The van der Waals surface area contributed by atoms with E-state index >= 15 is 0 Å². The van der Waals surface area contributed by atoms with E-state index in [1.54, 1.807) is 0 Å². The number of ether oxygens (including phenoxy) is 1. The van der Waals surface area contributed by atoms with Crippen LogP contribution in [0.15, 0.2) is 48.7 Å². The van der Waals surface area contributed by atoms with Crippen LogP contribution in [0.5, 0.6) is 0 Å². The smallest absolute Gasteiger partial charge is 0.176 e. The molecule has 1 N–H and O–H groups in total. The number of hydrogen-bond donors (Lipinski definition) is 1. The maximum Gasteiger partial charge on any atom is 0.176 e. The van der Waals surface area contributed by atoms with Gasteiger partial charge in [-0.05, 0) is 22.8 Å². The van der Waals surface area contributed by atoms with E-state index in [0.717, 1.165) is 43.8 Å². The van der Waals surface area contributed by atoms with Crippen LogP contribution in [-0.2, 0) is 4.74 Å². The maximum atomic E-state index is 10.6. The van der Waals surface area contributed by atoms with Crippen LogP contribution in [-0.4, -0.2) is 68.0 Å². The lowest BCUT2D eigenvalue weighted by Gasteiger charge is -2.24. The molecule has 0 radical (unpaired) electrons. The number of rotatable bonds is 4. The first-order valence-electron chi connectivity index (χ1n) is 9.03. The SMILES string of the molecule is C[N+](C)(/C=C(\O)c1ccc2ccccc2c1)CC#CCN1CCOCC1. The average molecular weight is 351 g/mol. The molecule has 0 spiro atoms. The van der Waals surface area contributed by atoms with Crippen molar-refractivity contribution in [3.63, 3.8) is 0 Å². The standard InChI is InChI=1S/C22H26N2O2/c1-24(2,14-6-5-11-23-12-15-26-16-13-23)18-22(25)21-10-9-19-7-3-4-8-20(19)17-21/h3-4,7-10,17-18H,11-16H2,1-2H3/p+1/b22-18-. The Hall–Kier alpha value is -2.32. The van der Waals surface area contributed by atoms with E-state index in [1.807, 2.05) is 50.6 Å².